The number of hydrogen-bond acceptors (Lipinski definition) is 5. The molecular weight excluding hydrogens is 252 g/mol. The largest absolute Gasteiger partial charge is 0.299 e. The van der Waals surface area contributed by atoms with Gasteiger partial charge in [0.1, 0.15) is 5.78 Å². The zero-order valence-corrected chi connectivity index (χ0v) is 10.7. The second-order valence-electron chi connectivity index (χ2n) is 4.24. The molecule has 1 atom stereocenters. The van der Waals surface area contributed by atoms with Gasteiger partial charge in [0.25, 0.3) is 0 Å². The number of nitriles is 4. The molecule has 5 nitrogen and oxygen atoms in total. The summed E-state index contributed by atoms with van der Waals surface area (Å²) >= 11 is 0. The van der Waals surface area contributed by atoms with Crippen molar-refractivity contribution < 1.29 is 4.79 Å². The van der Waals surface area contributed by atoms with E-state index in [1.807, 2.05) is 0 Å². The Bertz CT molecular complexity index is 639. The van der Waals surface area contributed by atoms with Crippen LogP contribution in [0.3, 0.4) is 0 Å². The summed E-state index contributed by atoms with van der Waals surface area (Å²) in [5, 5.41) is 36.8. The molecule has 0 heterocycles. The fourth-order valence-electron chi connectivity index (χ4n) is 2.15. The fourth-order valence-corrected chi connectivity index (χ4v) is 2.15. The quantitative estimate of drug-likeness (QED) is 0.824. The van der Waals surface area contributed by atoms with E-state index in [9.17, 15) is 15.3 Å². The van der Waals surface area contributed by atoms with Crippen molar-refractivity contribution in [2.45, 2.75) is 12.8 Å². The Kier molecular flexibility index (Phi) is 4.58. The van der Waals surface area contributed by atoms with Gasteiger partial charge in [-0.3, -0.25) is 4.79 Å². The first-order valence-corrected chi connectivity index (χ1v) is 5.74. The monoisotopic (exact) mass is 262 g/mol. The van der Waals surface area contributed by atoms with Gasteiger partial charge in [0.15, 0.2) is 11.3 Å². The number of Topliss-reactive ketones (excluding diaryl/α,β-unsaturated/α-hetero) is 1. The Labute approximate surface area is 116 Å². The average Bonchev–Trinajstić information content (AvgIpc) is 2.47. The molecule has 0 saturated carbocycles. The van der Waals surface area contributed by atoms with Crippen molar-refractivity contribution in [3.63, 3.8) is 0 Å². The van der Waals surface area contributed by atoms with Gasteiger partial charge in [-0.2, -0.15) is 21.0 Å². The first-order chi connectivity index (χ1) is 9.57. The Hall–Kier alpha value is -3.15. The Morgan fingerprint density at radius 1 is 1.05 bits per heavy atom. The summed E-state index contributed by atoms with van der Waals surface area (Å²) in [5.74, 6) is -3.08. The third-order valence-electron chi connectivity index (χ3n) is 3.08. The summed E-state index contributed by atoms with van der Waals surface area (Å²) in [6.07, 6.45) is 0. The Morgan fingerprint density at radius 3 is 1.90 bits per heavy atom. The van der Waals surface area contributed by atoms with Gasteiger partial charge in [0.05, 0.1) is 30.2 Å². The van der Waals surface area contributed by atoms with Crippen LogP contribution in [0.1, 0.15) is 18.4 Å². The lowest BCUT2D eigenvalue weighted by Gasteiger charge is -2.28. The number of hydrogen-bond donors (Lipinski definition) is 0. The van der Waals surface area contributed by atoms with Crippen molar-refractivity contribution in [1.29, 1.82) is 21.0 Å². The number of ketones is 1. The second-order valence-corrected chi connectivity index (χ2v) is 4.24. The maximum absolute atomic E-state index is 11.9. The van der Waals surface area contributed by atoms with Crippen LogP contribution in [0.25, 0.3) is 0 Å². The predicted octanol–water partition coefficient (Wildman–Crippen LogP) is 2.06. The molecule has 0 saturated heterocycles. The number of carbonyl (C=O) groups is 1. The SMILES string of the molecule is CC(=O)C(c1ccccc1)C(C#N)(C#N)C(C#N)C#N. The first kappa shape index (κ1) is 14.9. The fraction of sp³-hybridized carbons (Fsp3) is 0.267. The van der Waals surface area contributed by atoms with Crippen molar-refractivity contribution in [2.75, 3.05) is 0 Å². The minimum absolute atomic E-state index is 0.435. The van der Waals surface area contributed by atoms with E-state index in [4.69, 9.17) is 10.5 Å². The smallest absolute Gasteiger partial charge is 0.186 e. The summed E-state index contributed by atoms with van der Waals surface area (Å²) in [6, 6.07) is 15.0. The Morgan fingerprint density at radius 2 is 1.55 bits per heavy atom. The summed E-state index contributed by atoms with van der Waals surface area (Å²) in [4.78, 5) is 11.9. The van der Waals surface area contributed by atoms with Crippen molar-refractivity contribution in [3.05, 3.63) is 35.9 Å². The molecule has 0 bridgehead atoms. The maximum Gasteiger partial charge on any atom is 0.186 e. The lowest BCUT2D eigenvalue weighted by Crippen LogP contribution is -2.36. The lowest BCUT2D eigenvalue weighted by molar-refractivity contribution is -0.120. The van der Waals surface area contributed by atoms with Crippen molar-refractivity contribution in [1.82, 2.24) is 0 Å². The van der Waals surface area contributed by atoms with Crippen LogP contribution in [0.2, 0.25) is 0 Å². The van der Waals surface area contributed by atoms with Gasteiger partial charge < -0.3 is 0 Å². The minimum Gasteiger partial charge on any atom is -0.299 e. The average molecular weight is 262 g/mol. The maximum atomic E-state index is 11.9. The highest BCUT2D eigenvalue weighted by Crippen LogP contribution is 2.42. The normalized spacial score (nSPS) is 11.5. The van der Waals surface area contributed by atoms with E-state index in [1.54, 1.807) is 54.6 Å². The van der Waals surface area contributed by atoms with E-state index >= 15 is 0 Å². The van der Waals surface area contributed by atoms with E-state index in [0.717, 1.165) is 0 Å². The molecule has 1 aromatic carbocycles. The molecule has 0 amide bonds. The molecule has 0 aromatic heterocycles. The van der Waals surface area contributed by atoms with Crippen molar-refractivity contribution in [3.8, 4) is 24.3 Å². The van der Waals surface area contributed by atoms with Crippen LogP contribution in [-0.4, -0.2) is 5.78 Å². The number of nitrogens with zero attached hydrogens (tertiary/aromatic N) is 4. The molecule has 0 aliphatic heterocycles. The van der Waals surface area contributed by atoms with Crippen LogP contribution >= 0.6 is 0 Å². The Balaban J connectivity index is 3.58. The van der Waals surface area contributed by atoms with E-state index in [0.29, 0.717) is 5.56 Å². The topological polar surface area (TPSA) is 112 Å². The molecule has 0 aliphatic carbocycles. The molecule has 20 heavy (non-hydrogen) atoms. The van der Waals surface area contributed by atoms with Gasteiger partial charge in [-0.15, -0.1) is 0 Å². The van der Waals surface area contributed by atoms with Crippen LogP contribution in [-0.2, 0) is 4.79 Å². The van der Waals surface area contributed by atoms with Crippen LogP contribution in [0, 0.1) is 56.7 Å². The standard InChI is InChI=1S/C15H10N4O/c1-11(20)14(12-5-3-2-4-6-12)15(9-18,10-19)13(7-16)8-17/h2-6,13-14H,1H3. The molecule has 96 valence electrons. The molecule has 5 heteroatoms. The summed E-state index contributed by atoms with van der Waals surface area (Å²) in [7, 11) is 0. The highest BCUT2D eigenvalue weighted by molar-refractivity contribution is 5.86. The predicted molar refractivity (Wildman–Crippen MR) is 68.2 cm³/mol. The molecule has 0 spiro atoms. The van der Waals surface area contributed by atoms with Crippen LogP contribution in [0.15, 0.2) is 30.3 Å². The number of benzene rings is 1. The van der Waals surface area contributed by atoms with Crippen LogP contribution in [0.5, 0.6) is 0 Å². The zero-order chi connectivity index (χ0) is 15.2. The van der Waals surface area contributed by atoms with Gasteiger partial charge in [-0.05, 0) is 12.5 Å². The number of rotatable bonds is 4. The lowest BCUT2D eigenvalue weighted by atomic mass is 9.65. The zero-order valence-electron chi connectivity index (χ0n) is 10.7. The van der Waals surface area contributed by atoms with Gasteiger partial charge in [0.2, 0.25) is 0 Å². The summed E-state index contributed by atoms with van der Waals surface area (Å²) < 4.78 is 0. The van der Waals surface area contributed by atoms with Crippen molar-refractivity contribution >= 4 is 5.78 Å². The third-order valence-corrected chi connectivity index (χ3v) is 3.08. The van der Waals surface area contributed by atoms with Crippen LogP contribution in [0.4, 0.5) is 0 Å². The van der Waals surface area contributed by atoms with Gasteiger partial charge in [0, 0.05) is 0 Å². The highest BCUT2D eigenvalue weighted by atomic mass is 16.1. The first-order valence-electron chi connectivity index (χ1n) is 5.74. The molecule has 0 aliphatic rings. The van der Waals surface area contributed by atoms with E-state index in [2.05, 4.69) is 0 Å². The summed E-state index contributed by atoms with van der Waals surface area (Å²) in [5.41, 5.74) is -1.57. The molecule has 0 radical (unpaired) electrons. The molecular formula is C15H10N4O. The second kappa shape index (κ2) is 6.14. The van der Waals surface area contributed by atoms with Gasteiger partial charge >= 0.3 is 0 Å². The van der Waals surface area contributed by atoms with Crippen LogP contribution < -0.4 is 0 Å². The summed E-state index contributed by atoms with van der Waals surface area (Å²) in [6.45, 7) is 1.24. The van der Waals surface area contributed by atoms with Gasteiger partial charge in [-0.1, -0.05) is 30.3 Å². The molecule has 0 N–H and O–H groups in total. The van der Waals surface area contributed by atoms with E-state index in [1.165, 1.54) is 6.92 Å². The van der Waals surface area contributed by atoms with Gasteiger partial charge in [-0.25, -0.2) is 0 Å². The molecule has 1 unspecified atom stereocenters. The molecule has 1 rings (SSSR count). The number of carbonyl (C=O) groups excluding carboxylic acids is 1. The molecule has 0 fully saturated rings. The van der Waals surface area contributed by atoms with E-state index in [-0.39, 0.29) is 0 Å². The van der Waals surface area contributed by atoms with Crippen molar-refractivity contribution in [2.24, 2.45) is 11.3 Å². The van der Waals surface area contributed by atoms with E-state index < -0.39 is 23.0 Å². The molecule has 1 aromatic rings. The highest BCUT2D eigenvalue weighted by Gasteiger charge is 2.50. The minimum atomic E-state index is -2.02. The third kappa shape index (κ3) is 2.35.